The zero-order valence-electron chi connectivity index (χ0n) is 18.9. The van der Waals surface area contributed by atoms with Gasteiger partial charge in [-0.2, -0.15) is 13.2 Å². The van der Waals surface area contributed by atoms with Gasteiger partial charge in [0, 0.05) is 39.3 Å². The number of piperidine rings is 1. The lowest BCUT2D eigenvalue weighted by molar-refractivity contribution is -0.137. The highest BCUT2D eigenvalue weighted by Crippen LogP contribution is 2.30. The zero-order valence-corrected chi connectivity index (χ0v) is 18.9. The molecule has 4 heterocycles. The minimum absolute atomic E-state index is 0.123. The van der Waals surface area contributed by atoms with E-state index in [-0.39, 0.29) is 5.91 Å². The molecular formula is C24H29F3N6O. The number of hydrogen-bond acceptors (Lipinski definition) is 5. The van der Waals surface area contributed by atoms with E-state index >= 15 is 0 Å². The molecule has 2 saturated heterocycles. The molecule has 2 aromatic rings. The molecule has 5 rings (SSSR count). The van der Waals surface area contributed by atoms with Crippen molar-refractivity contribution in [2.45, 2.75) is 25.6 Å². The second kappa shape index (κ2) is 9.42. The second-order valence-corrected chi connectivity index (χ2v) is 9.21. The topological polar surface area (TPSA) is 76.3 Å². The Kier molecular flexibility index (Phi) is 6.35. The summed E-state index contributed by atoms with van der Waals surface area (Å²) in [4.78, 5) is 24.7. The Morgan fingerprint density at radius 2 is 1.76 bits per heavy atom. The molecule has 3 N–H and O–H groups in total. The van der Waals surface area contributed by atoms with Crippen molar-refractivity contribution >= 4 is 17.8 Å². The van der Waals surface area contributed by atoms with Crippen LogP contribution >= 0.6 is 0 Å². The van der Waals surface area contributed by atoms with Crippen LogP contribution in [0.15, 0.2) is 29.8 Å². The molecule has 0 aliphatic carbocycles. The molecule has 2 fully saturated rings. The van der Waals surface area contributed by atoms with E-state index < -0.39 is 11.7 Å². The number of hydrogen-bond donors (Lipinski definition) is 3. The number of imidazole rings is 1. The normalized spacial score (nSPS) is 20.0. The molecule has 0 bridgehead atoms. The number of fused-ring (bicyclic) bond motifs is 1. The molecule has 1 aromatic heterocycles. The molecule has 0 unspecified atom stereocenters. The molecule has 7 nitrogen and oxygen atoms in total. The molecule has 182 valence electrons. The van der Waals surface area contributed by atoms with Gasteiger partial charge in [0.1, 0.15) is 11.5 Å². The number of anilines is 1. The molecule has 1 aromatic carbocycles. The van der Waals surface area contributed by atoms with Crippen LogP contribution in [-0.4, -0.2) is 71.5 Å². The number of aromatic nitrogens is 2. The summed E-state index contributed by atoms with van der Waals surface area (Å²) in [6.45, 7) is 5.81. The van der Waals surface area contributed by atoms with E-state index in [0.717, 1.165) is 61.7 Å². The molecule has 0 atom stereocenters. The zero-order chi connectivity index (χ0) is 23.7. The van der Waals surface area contributed by atoms with Gasteiger partial charge in [-0.15, -0.1) is 0 Å². The van der Waals surface area contributed by atoms with E-state index in [0.29, 0.717) is 44.5 Å². The Morgan fingerprint density at radius 1 is 1.06 bits per heavy atom. The lowest BCUT2D eigenvalue weighted by atomic mass is 9.88. The highest BCUT2D eigenvalue weighted by Gasteiger charge is 2.30. The standard InChI is InChI=1S/C24H29F3N6O/c25-24(26,27)19-3-1-16(2-4-19)15-32-9-11-33(12-10-32)23(34)22-30-20-13-18(14-29-21(20)31-22)17-5-7-28-8-6-17/h1-4,13,17,28-29H,5-12,14-15H2,(H,30,31). The number of piperazine rings is 1. The van der Waals surface area contributed by atoms with Gasteiger partial charge in [-0.05, 0) is 61.2 Å². The van der Waals surface area contributed by atoms with E-state index in [9.17, 15) is 18.0 Å². The monoisotopic (exact) mass is 474 g/mol. The van der Waals surface area contributed by atoms with Crippen LogP contribution in [0.25, 0.3) is 6.08 Å². The fourth-order valence-electron chi connectivity index (χ4n) is 4.92. The maximum Gasteiger partial charge on any atom is 0.416 e. The average Bonchev–Trinajstić information content (AvgIpc) is 3.28. The van der Waals surface area contributed by atoms with E-state index in [1.54, 1.807) is 4.90 Å². The molecule has 0 radical (unpaired) electrons. The third-order valence-corrected chi connectivity index (χ3v) is 6.94. The summed E-state index contributed by atoms with van der Waals surface area (Å²) in [5, 5.41) is 6.77. The van der Waals surface area contributed by atoms with Crippen LogP contribution in [0.4, 0.5) is 19.0 Å². The number of carbonyl (C=O) groups is 1. The summed E-state index contributed by atoms with van der Waals surface area (Å²) >= 11 is 0. The SMILES string of the molecule is O=C(c1nc2c([nH]1)NCC(C1CCNCC1)=C2)N1CCN(Cc2ccc(C(F)(F)F)cc2)CC1. The fraction of sp³-hybridized carbons (Fsp3) is 0.500. The van der Waals surface area contributed by atoms with Crippen molar-refractivity contribution in [3.05, 3.63) is 52.5 Å². The van der Waals surface area contributed by atoms with Crippen LogP contribution in [0, 0.1) is 5.92 Å². The molecule has 0 saturated carbocycles. The highest BCUT2D eigenvalue weighted by molar-refractivity contribution is 5.92. The number of rotatable bonds is 4. The van der Waals surface area contributed by atoms with Gasteiger partial charge in [0.25, 0.3) is 5.91 Å². The Hall–Kier alpha value is -2.85. The van der Waals surface area contributed by atoms with Crippen molar-refractivity contribution in [2.75, 3.05) is 51.1 Å². The smallest absolute Gasteiger partial charge is 0.366 e. The molecular weight excluding hydrogens is 445 g/mol. The number of nitrogens with zero attached hydrogens (tertiary/aromatic N) is 3. The van der Waals surface area contributed by atoms with Crippen molar-refractivity contribution in [3.8, 4) is 0 Å². The number of amides is 1. The number of carbonyl (C=O) groups excluding carboxylic acids is 1. The Bertz CT molecular complexity index is 1050. The van der Waals surface area contributed by atoms with Crippen LogP contribution in [0.2, 0.25) is 0 Å². The highest BCUT2D eigenvalue weighted by atomic mass is 19.4. The second-order valence-electron chi connectivity index (χ2n) is 9.21. The summed E-state index contributed by atoms with van der Waals surface area (Å²) in [6, 6.07) is 5.28. The number of halogens is 3. The van der Waals surface area contributed by atoms with E-state index in [1.165, 1.54) is 17.7 Å². The van der Waals surface area contributed by atoms with Gasteiger partial charge < -0.3 is 20.5 Å². The molecule has 3 aliphatic heterocycles. The summed E-state index contributed by atoms with van der Waals surface area (Å²) in [5.74, 6) is 1.57. The molecule has 10 heteroatoms. The molecule has 0 spiro atoms. The van der Waals surface area contributed by atoms with E-state index in [2.05, 4.69) is 31.6 Å². The van der Waals surface area contributed by atoms with Crippen LogP contribution < -0.4 is 10.6 Å². The van der Waals surface area contributed by atoms with Gasteiger partial charge in [0.2, 0.25) is 0 Å². The molecule has 1 amide bonds. The fourth-order valence-corrected chi connectivity index (χ4v) is 4.92. The summed E-state index contributed by atoms with van der Waals surface area (Å²) in [5.41, 5.74) is 2.33. The van der Waals surface area contributed by atoms with Gasteiger partial charge >= 0.3 is 6.18 Å². The number of alkyl halides is 3. The number of aromatic amines is 1. The predicted octanol–water partition coefficient (Wildman–Crippen LogP) is 3.20. The average molecular weight is 475 g/mol. The minimum atomic E-state index is -4.32. The van der Waals surface area contributed by atoms with E-state index in [1.807, 2.05) is 0 Å². The lowest BCUT2D eigenvalue weighted by Gasteiger charge is -2.34. The summed E-state index contributed by atoms with van der Waals surface area (Å²) in [7, 11) is 0. The summed E-state index contributed by atoms with van der Waals surface area (Å²) < 4.78 is 38.3. The predicted molar refractivity (Wildman–Crippen MR) is 123 cm³/mol. The first-order chi connectivity index (χ1) is 16.4. The van der Waals surface area contributed by atoms with Gasteiger partial charge in [0.05, 0.1) is 5.56 Å². The third-order valence-electron chi connectivity index (χ3n) is 6.94. The van der Waals surface area contributed by atoms with Crippen LogP contribution in [0.3, 0.4) is 0 Å². The number of benzene rings is 1. The van der Waals surface area contributed by atoms with Crippen LogP contribution in [-0.2, 0) is 12.7 Å². The van der Waals surface area contributed by atoms with Crippen molar-refractivity contribution < 1.29 is 18.0 Å². The Balaban J connectivity index is 1.17. The third kappa shape index (κ3) is 4.97. The maximum absolute atomic E-state index is 13.0. The largest absolute Gasteiger partial charge is 0.416 e. The quantitative estimate of drug-likeness (QED) is 0.635. The minimum Gasteiger partial charge on any atom is -0.366 e. The lowest BCUT2D eigenvalue weighted by Crippen LogP contribution is -2.48. The Morgan fingerprint density at radius 3 is 2.44 bits per heavy atom. The van der Waals surface area contributed by atoms with Gasteiger partial charge in [-0.25, -0.2) is 4.98 Å². The van der Waals surface area contributed by atoms with Gasteiger partial charge in [-0.1, -0.05) is 12.1 Å². The molecule has 34 heavy (non-hydrogen) atoms. The van der Waals surface area contributed by atoms with Crippen LogP contribution in [0.1, 0.15) is 40.3 Å². The van der Waals surface area contributed by atoms with Crippen molar-refractivity contribution in [2.24, 2.45) is 5.92 Å². The van der Waals surface area contributed by atoms with Gasteiger partial charge in [-0.3, -0.25) is 9.69 Å². The summed E-state index contributed by atoms with van der Waals surface area (Å²) in [6.07, 6.45) is 0.0402. The maximum atomic E-state index is 13.0. The van der Waals surface area contributed by atoms with Crippen molar-refractivity contribution in [3.63, 3.8) is 0 Å². The number of H-pyrrole nitrogens is 1. The first-order valence-electron chi connectivity index (χ1n) is 11.8. The first-order valence-corrected chi connectivity index (χ1v) is 11.8. The van der Waals surface area contributed by atoms with Crippen molar-refractivity contribution in [1.29, 1.82) is 0 Å². The van der Waals surface area contributed by atoms with Gasteiger partial charge in [0.15, 0.2) is 5.82 Å². The van der Waals surface area contributed by atoms with Crippen molar-refractivity contribution in [1.82, 2.24) is 25.1 Å². The molecule has 3 aliphatic rings. The van der Waals surface area contributed by atoms with E-state index in [4.69, 9.17) is 0 Å². The number of nitrogens with one attached hydrogen (secondary N) is 3. The Labute approximate surface area is 196 Å². The van der Waals surface area contributed by atoms with Crippen LogP contribution in [0.5, 0.6) is 0 Å². The first kappa shape index (κ1) is 22.9.